The molecule has 5 rings (SSSR count). The quantitative estimate of drug-likeness (QED) is 0.240. The molecule has 0 bridgehead atoms. The number of allylic oxidation sites excluding steroid dienone is 3. The smallest absolute Gasteiger partial charge is 0.495 e. The van der Waals surface area contributed by atoms with E-state index < -0.39 is 24.0 Å². The number of nitrogens with zero attached hydrogens (tertiary/aromatic N) is 1. The standard InChI is InChI=1S/C32H34F4N4O6/c1-43-28-15-23-25(16-29(28)44-18-20-8-11-37-12-9-20)38-13-10-26(23)45-27-7-4-21(14-24(27)33)40-31(42)30(41)39-17-19-2-5-22(6-3-19)46-32(34,35)36/h2,4-5,7,10,13-14,16,20,28,37H,3,6,8-9,11-12,15,17-18H2,1H3,(H,39,41)(H,40,42). The fourth-order valence-electron chi connectivity index (χ4n) is 5.31. The van der Waals surface area contributed by atoms with Crippen molar-refractivity contribution in [2.75, 3.05) is 38.7 Å². The van der Waals surface area contributed by atoms with Gasteiger partial charge >= 0.3 is 18.2 Å². The van der Waals surface area contributed by atoms with Crippen molar-refractivity contribution in [2.24, 2.45) is 5.92 Å². The van der Waals surface area contributed by atoms with Gasteiger partial charge in [-0.05, 0) is 62.5 Å². The molecule has 1 saturated heterocycles. The Bertz CT molecular complexity index is 1530. The highest BCUT2D eigenvalue weighted by molar-refractivity contribution is 6.39. The van der Waals surface area contributed by atoms with Crippen LogP contribution in [-0.2, 0) is 30.2 Å². The number of hydrogen-bond donors (Lipinski definition) is 3. The number of aromatic nitrogens is 1. The van der Waals surface area contributed by atoms with Crippen LogP contribution in [0.5, 0.6) is 11.5 Å². The average Bonchev–Trinajstić information content (AvgIpc) is 3.04. The number of alkyl halides is 3. The molecular formula is C32H34F4N4O6. The molecule has 1 aromatic carbocycles. The number of anilines is 1. The first kappa shape index (κ1) is 32.9. The van der Waals surface area contributed by atoms with E-state index in [1.807, 2.05) is 6.08 Å². The lowest BCUT2D eigenvalue weighted by molar-refractivity contribution is -0.306. The van der Waals surface area contributed by atoms with Crippen LogP contribution < -0.4 is 20.7 Å². The number of halogens is 4. The van der Waals surface area contributed by atoms with E-state index in [4.69, 9.17) is 14.2 Å². The SMILES string of the molecule is COC1Cc2c(Oc3ccc(NC(=O)C(=O)NCC4=CC=C(OC(F)(F)F)CC4)cc3F)ccnc2C=C1OCC1CCNCC1. The second-order valence-electron chi connectivity index (χ2n) is 11.0. The van der Waals surface area contributed by atoms with Gasteiger partial charge in [0.1, 0.15) is 23.4 Å². The molecule has 1 aromatic heterocycles. The monoisotopic (exact) mass is 646 g/mol. The Morgan fingerprint density at radius 1 is 1.07 bits per heavy atom. The van der Waals surface area contributed by atoms with E-state index in [2.05, 4.69) is 25.7 Å². The second kappa shape index (κ2) is 14.8. The van der Waals surface area contributed by atoms with Crippen LogP contribution in [0, 0.1) is 11.7 Å². The molecule has 2 heterocycles. The molecule has 46 heavy (non-hydrogen) atoms. The van der Waals surface area contributed by atoms with Crippen LogP contribution in [0.1, 0.15) is 36.9 Å². The van der Waals surface area contributed by atoms with Gasteiger partial charge in [0.2, 0.25) is 0 Å². The summed E-state index contributed by atoms with van der Waals surface area (Å²) < 4.78 is 73.7. The maximum absolute atomic E-state index is 15.1. The van der Waals surface area contributed by atoms with Gasteiger partial charge in [0.15, 0.2) is 11.6 Å². The zero-order valence-corrected chi connectivity index (χ0v) is 25.0. The molecule has 3 aliphatic rings. The summed E-state index contributed by atoms with van der Waals surface area (Å²) in [5, 5.41) is 8.06. The Balaban J connectivity index is 1.17. The zero-order chi connectivity index (χ0) is 32.7. The Morgan fingerprint density at radius 2 is 1.87 bits per heavy atom. The van der Waals surface area contributed by atoms with E-state index in [0.29, 0.717) is 41.7 Å². The minimum absolute atomic E-state index is 0.00114. The van der Waals surface area contributed by atoms with E-state index in [-0.39, 0.29) is 42.7 Å². The summed E-state index contributed by atoms with van der Waals surface area (Å²) in [4.78, 5) is 29.1. The van der Waals surface area contributed by atoms with Gasteiger partial charge < -0.3 is 34.9 Å². The van der Waals surface area contributed by atoms with Crippen molar-refractivity contribution in [3.63, 3.8) is 0 Å². The number of nitrogens with one attached hydrogen (secondary N) is 3. The van der Waals surface area contributed by atoms with Gasteiger partial charge in [0.05, 0.1) is 12.3 Å². The molecule has 3 N–H and O–H groups in total. The van der Waals surface area contributed by atoms with Crippen molar-refractivity contribution in [1.29, 1.82) is 0 Å². The molecule has 246 valence electrons. The number of ether oxygens (including phenoxy) is 4. The fraction of sp³-hybridized carbons (Fsp3) is 0.406. The van der Waals surface area contributed by atoms with Gasteiger partial charge in [-0.25, -0.2) is 4.39 Å². The Kier molecular flexibility index (Phi) is 10.6. The molecule has 10 nitrogen and oxygen atoms in total. The van der Waals surface area contributed by atoms with Gasteiger partial charge in [-0.2, -0.15) is 0 Å². The fourth-order valence-corrected chi connectivity index (χ4v) is 5.31. The molecule has 1 aliphatic heterocycles. The van der Waals surface area contributed by atoms with Gasteiger partial charge in [0.25, 0.3) is 0 Å². The number of carbonyl (C=O) groups is 2. The number of fused-ring (bicyclic) bond motifs is 1. The summed E-state index contributed by atoms with van der Waals surface area (Å²) >= 11 is 0. The van der Waals surface area contributed by atoms with Crippen LogP contribution in [0.25, 0.3) is 6.08 Å². The van der Waals surface area contributed by atoms with Crippen molar-refractivity contribution < 1.29 is 46.1 Å². The van der Waals surface area contributed by atoms with Gasteiger partial charge in [-0.3, -0.25) is 14.6 Å². The number of methoxy groups -OCH3 is 1. The highest BCUT2D eigenvalue weighted by atomic mass is 19.4. The molecule has 2 aliphatic carbocycles. The number of carbonyl (C=O) groups excluding carboxylic acids is 2. The molecular weight excluding hydrogens is 612 g/mol. The highest BCUT2D eigenvalue weighted by Crippen LogP contribution is 2.36. The number of amides is 2. The third kappa shape index (κ3) is 8.85. The molecule has 1 atom stereocenters. The summed E-state index contributed by atoms with van der Waals surface area (Å²) in [5.74, 6) is -1.62. The number of benzene rings is 1. The third-order valence-electron chi connectivity index (χ3n) is 7.80. The van der Waals surface area contributed by atoms with E-state index >= 15 is 4.39 Å². The highest BCUT2D eigenvalue weighted by Gasteiger charge is 2.32. The Labute approximate surface area is 262 Å². The lowest BCUT2D eigenvalue weighted by Crippen LogP contribution is -2.36. The molecule has 14 heteroatoms. The number of hydrogen-bond acceptors (Lipinski definition) is 8. The number of rotatable bonds is 10. The van der Waals surface area contributed by atoms with Crippen molar-refractivity contribution in [3.8, 4) is 11.5 Å². The molecule has 1 fully saturated rings. The van der Waals surface area contributed by atoms with E-state index in [1.165, 1.54) is 24.3 Å². The summed E-state index contributed by atoms with van der Waals surface area (Å²) in [5.41, 5.74) is 1.99. The minimum atomic E-state index is -4.77. The van der Waals surface area contributed by atoms with E-state index in [0.717, 1.165) is 37.6 Å². The molecule has 2 amide bonds. The molecule has 1 unspecified atom stereocenters. The maximum Gasteiger partial charge on any atom is 0.572 e. The zero-order valence-electron chi connectivity index (χ0n) is 25.0. The summed E-state index contributed by atoms with van der Waals surface area (Å²) in [6, 6.07) is 5.37. The van der Waals surface area contributed by atoms with Crippen molar-refractivity contribution in [2.45, 2.75) is 44.6 Å². The summed E-state index contributed by atoms with van der Waals surface area (Å²) in [6.07, 6.45) is 3.53. The Morgan fingerprint density at radius 3 is 2.57 bits per heavy atom. The number of pyridine rings is 1. The predicted octanol–water partition coefficient (Wildman–Crippen LogP) is 5.14. The third-order valence-corrected chi connectivity index (χ3v) is 7.80. The minimum Gasteiger partial charge on any atom is -0.495 e. The first-order valence-electron chi connectivity index (χ1n) is 14.8. The molecule has 0 radical (unpaired) electrons. The summed E-state index contributed by atoms with van der Waals surface area (Å²) in [7, 11) is 1.60. The Hall–Kier alpha value is -4.43. The number of piperidine rings is 1. The van der Waals surface area contributed by atoms with Crippen LogP contribution in [0.2, 0.25) is 0 Å². The van der Waals surface area contributed by atoms with Crippen molar-refractivity contribution >= 4 is 23.6 Å². The molecule has 2 aromatic rings. The molecule has 0 saturated carbocycles. The van der Waals surface area contributed by atoms with Crippen LogP contribution in [0.3, 0.4) is 0 Å². The van der Waals surface area contributed by atoms with E-state index in [1.54, 1.807) is 19.4 Å². The van der Waals surface area contributed by atoms with Gasteiger partial charge in [-0.1, -0.05) is 11.6 Å². The second-order valence-corrected chi connectivity index (χ2v) is 11.0. The average molecular weight is 647 g/mol. The van der Waals surface area contributed by atoms with E-state index in [9.17, 15) is 22.8 Å². The van der Waals surface area contributed by atoms with Gasteiger partial charge in [0, 0.05) is 56.1 Å². The van der Waals surface area contributed by atoms with Crippen LogP contribution in [0.15, 0.2) is 59.7 Å². The van der Waals surface area contributed by atoms with Crippen LogP contribution in [0.4, 0.5) is 23.2 Å². The predicted molar refractivity (Wildman–Crippen MR) is 159 cm³/mol. The van der Waals surface area contributed by atoms with Gasteiger partial charge in [-0.15, -0.1) is 13.2 Å². The van der Waals surface area contributed by atoms with Crippen LogP contribution >= 0.6 is 0 Å². The molecule has 0 spiro atoms. The first-order chi connectivity index (χ1) is 22.1. The van der Waals surface area contributed by atoms with Crippen molar-refractivity contribution in [3.05, 3.63) is 76.8 Å². The lowest BCUT2D eigenvalue weighted by Gasteiger charge is -2.28. The topological polar surface area (TPSA) is 120 Å². The summed E-state index contributed by atoms with van der Waals surface area (Å²) in [6.45, 7) is 2.49. The van der Waals surface area contributed by atoms with Crippen molar-refractivity contribution in [1.82, 2.24) is 15.6 Å². The maximum atomic E-state index is 15.1. The lowest BCUT2D eigenvalue weighted by atomic mass is 9.96. The largest absolute Gasteiger partial charge is 0.572 e. The first-order valence-corrected chi connectivity index (χ1v) is 14.8. The van der Waals surface area contributed by atoms with Crippen LogP contribution in [-0.4, -0.2) is 62.6 Å². The normalized spacial score (nSPS) is 18.4.